The van der Waals surface area contributed by atoms with E-state index < -0.39 is 0 Å². The first-order chi connectivity index (χ1) is 10.3. The molecule has 1 aliphatic rings. The van der Waals surface area contributed by atoms with E-state index in [0.29, 0.717) is 0 Å². The van der Waals surface area contributed by atoms with Gasteiger partial charge in [0.05, 0.1) is 11.2 Å². The van der Waals surface area contributed by atoms with E-state index in [1.54, 1.807) is 0 Å². The average Bonchev–Trinajstić information content (AvgIpc) is 2.98. The highest BCUT2D eigenvalue weighted by Crippen LogP contribution is 2.37. The molecule has 1 aromatic heterocycles. The molecule has 0 atom stereocenters. The summed E-state index contributed by atoms with van der Waals surface area (Å²) < 4.78 is 0. The van der Waals surface area contributed by atoms with Crippen LogP contribution in [0.4, 0.5) is 5.69 Å². The third-order valence-corrected chi connectivity index (χ3v) is 5.16. The Morgan fingerprint density at radius 3 is 2.81 bits per heavy atom. The number of hydrogen-bond donors (Lipinski definition) is 1. The summed E-state index contributed by atoms with van der Waals surface area (Å²) in [5.41, 5.74) is 5.11. The molecular formula is C17H23N3S. The molecule has 3 rings (SSSR count). The minimum Gasteiger partial charge on any atom is -0.383 e. The van der Waals surface area contributed by atoms with E-state index in [2.05, 4.69) is 48.3 Å². The highest BCUT2D eigenvalue weighted by atomic mass is 32.2. The number of rotatable bonds is 6. The predicted octanol–water partition coefficient (Wildman–Crippen LogP) is 3.74. The van der Waals surface area contributed by atoms with Crippen molar-refractivity contribution in [3.05, 3.63) is 35.5 Å². The topological polar surface area (TPSA) is 28.2 Å². The molecule has 0 saturated carbocycles. The summed E-state index contributed by atoms with van der Waals surface area (Å²) in [7, 11) is 0. The molecule has 0 radical (unpaired) electrons. The molecule has 0 fully saturated rings. The number of hydrogen-bond acceptors (Lipinski definition) is 4. The van der Waals surface area contributed by atoms with Crippen LogP contribution < -0.4 is 5.32 Å². The molecule has 0 unspecified atom stereocenters. The lowest BCUT2D eigenvalue weighted by atomic mass is 10.1. The van der Waals surface area contributed by atoms with Crippen LogP contribution in [0.5, 0.6) is 0 Å². The van der Waals surface area contributed by atoms with Gasteiger partial charge in [0.2, 0.25) is 0 Å². The fourth-order valence-corrected chi connectivity index (χ4v) is 3.96. The summed E-state index contributed by atoms with van der Waals surface area (Å²) in [5, 5.41) is 4.95. The van der Waals surface area contributed by atoms with Gasteiger partial charge in [0.1, 0.15) is 0 Å². The Labute approximate surface area is 131 Å². The minimum atomic E-state index is 0.993. The Morgan fingerprint density at radius 2 is 2.00 bits per heavy atom. The van der Waals surface area contributed by atoms with Crippen LogP contribution in [0, 0.1) is 0 Å². The van der Waals surface area contributed by atoms with Crippen molar-refractivity contribution in [2.24, 2.45) is 0 Å². The summed E-state index contributed by atoms with van der Waals surface area (Å²) in [4.78, 5) is 7.27. The van der Waals surface area contributed by atoms with Gasteiger partial charge < -0.3 is 10.2 Å². The van der Waals surface area contributed by atoms with Crippen molar-refractivity contribution in [3.63, 3.8) is 0 Å². The van der Waals surface area contributed by atoms with Crippen LogP contribution in [0.3, 0.4) is 0 Å². The number of nitrogens with zero attached hydrogens (tertiary/aromatic N) is 2. The molecule has 0 bridgehead atoms. The third kappa shape index (κ3) is 3.01. The number of anilines is 1. The zero-order valence-electron chi connectivity index (χ0n) is 12.9. The van der Waals surface area contributed by atoms with E-state index >= 15 is 0 Å². The summed E-state index contributed by atoms with van der Waals surface area (Å²) in [6, 6.07) is 8.48. The minimum absolute atomic E-state index is 0.993. The Hall–Kier alpha value is -1.26. The monoisotopic (exact) mass is 301 g/mol. The highest BCUT2D eigenvalue weighted by molar-refractivity contribution is 7.98. The lowest BCUT2D eigenvalue weighted by Gasteiger charge is -2.20. The van der Waals surface area contributed by atoms with Crippen molar-refractivity contribution >= 4 is 28.4 Å². The summed E-state index contributed by atoms with van der Waals surface area (Å²) >= 11 is 1.96. The van der Waals surface area contributed by atoms with Gasteiger partial charge >= 0.3 is 0 Å². The predicted molar refractivity (Wildman–Crippen MR) is 93.0 cm³/mol. The van der Waals surface area contributed by atoms with Crippen LogP contribution >= 0.6 is 11.8 Å². The fraction of sp³-hybridized carbons (Fsp3) is 0.471. The Morgan fingerprint density at radius 1 is 1.19 bits per heavy atom. The molecule has 3 nitrogen and oxygen atoms in total. The number of pyridine rings is 1. The van der Waals surface area contributed by atoms with Gasteiger partial charge in [0, 0.05) is 41.2 Å². The number of para-hydroxylation sites is 1. The first kappa shape index (κ1) is 14.7. The lowest BCUT2D eigenvalue weighted by molar-refractivity contribution is 0.316. The lowest BCUT2D eigenvalue weighted by Crippen LogP contribution is -2.28. The first-order valence-electron chi connectivity index (χ1n) is 7.78. The molecule has 112 valence electrons. The number of aromatic nitrogens is 1. The molecule has 0 aliphatic carbocycles. The molecule has 1 aromatic carbocycles. The normalized spacial score (nSPS) is 13.9. The molecule has 0 amide bonds. The molecule has 1 N–H and O–H groups in total. The smallest absolute Gasteiger partial charge is 0.0726 e. The van der Waals surface area contributed by atoms with Gasteiger partial charge in [-0.2, -0.15) is 11.8 Å². The zero-order valence-corrected chi connectivity index (χ0v) is 13.7. The zero-order chi connectivity index (χ0) is 14.7. The van der Waals surface area contributed by atoms with E-state index in [1.807, 2.05) is 11.8 Å². The molecule has 4 heteroatoms. The maximum Gasteiger partial charge on any atom is 0.0726 e. The molecule has 21 heavy (non-hydrogen) atoms. The summed E-state index contributed by atoms with van der Waals surface area (Å²) in [6.07, 6.45) is 0. The van der Waals surface area contributed by atoms with Crippen molar-refractivity contribution in [2.45, 2.75) is 25.4 Å². The van der Waals surface area contributed by atoms with Gasteiger partial charge in [-0.05, 0) is 19.2 Å². The van der Waals surface area contributed by atoms with Crippen molar-refractivity contribution < 1.29 is 0 Å². The molecule has 0 spiro atoms. The Kier molecular flexibility index (Phi) is 4.66. The largest absolute Gasteiger partial charge is 0.383 e. The van der Waals surface area contributed by atoms with Crippen LogP contribution in [-0.4, -0.2) is 36.1 Å². The van der Waals surface area contributed by atoms with Crippen LogP contribution in [0.1, 0.15) is 25.1 Å². The number of thioether (sulfide) groups is 1. The van der Waals surface area contributed by atoms with Gasteiger partial charge in [-0.3, -0.25) is 4.98 Å². The summed E-state index contributed by atoms with van der Waals surface area (Å²) in [5.74, 6) is 2.13. The van der Waals surface area contributed by atoms with E-state index in [1.165, 1.54) is 22.3 Å². The number of fused-ring (bicyclic) bond motifs is 2. The van der Waals surface area contributed by atoms with E-state index in [0.717, 1.165) is 43.2 Å². The van der Waals surface area contributed by atoms with Crippen molar-refractivity contribution in [2.75, 3.05) is 31.5 Å². The second-order valence-electron chi connectivity index (χ2n) is 5.38. The molecular weight excluding hydrogens is 278 g/mol. The van der Waals surface area contributed by atoms with Crippen molar-refractivity contribution in [3.8, 4) is 0 Å². The molecule has 1 aliphatic heterocycles. The van der Waals surface area contributed by atoms with Crippen LogP contribution in [-0.2, 0) is 11.5 Å². The number of nitrogens with one attached hydrogen (secondary N) is 1. The Balaban J connectivity index is 1.86. The third-order valence-electron chi connectivity index (χ3n) is 4.19. The first-order valence-corrected chi connectivity index (χ1v) is 8.93. The van der Waals surface area contributed by atoms with Crippen LogP contribution in [0.15, 0.2) is 24.3 Å². The molecule has 2 aromatic rings. The van der Waals surface area contributed by atoms with Gasteiger partial charge in [-0.15, -0.1) is 0 Å². The SMILES string of the molecule is CCN(CC)CCNc1c2c(nc3ccccc13)CSC2. The second-order valence-corrected chi connectivity index (χ2v) is 6.36. The molecule has 0 saturated heterocycles. The van der Waals surface area contributed by atoms with Crippen LogP contribution in [0.25, 0.3) is 10.9 Å². The molecule has 2 heterocycles. The Bertz CT molecular complexity index is 623. The van der Waals surface area contributed by atoms with E-state index in [-0.39, 0.29) is 0 Å². The van der Waals surface area contributed by atoms with E-state index in [4.69, 9.17) is 4.98 Å². The quantitative estimate of drug-likeness (QED) is 0.880. The fourth-order valence-electron chi connectivity index (χ4n) is 2.91. The highest BCUT2D eigenvalue weighted by Gasteiger charge is 2.19. The van der Waals surface area contributed by atoms with Crippen LogP contribution in [0.2, 0.25) is 0 Å². The van der Waals surface area contributed by atoms with E-state index in [9.17, 15) is 0 Å². The number of likely N-dealkylation sites (N-methyl/N-ethyl adjacent to an activating group) is 1. The standard InChI is InChI=1S/C17H23N3S/c1-3-20(4-2)10-9-18-17-13-7-5-6-8-15(13)19-16-12-21-11-14(16)17/h5-8H,3-4,9-12H2,1-2H3,(H,18,19). The number of benzene rings is 1. The van der Waals surface area contributed by atoms with Crippen molar-refractivity contribution in [1.29, 1.82) is 0 Å². The van der Waals surface area contributed by atoms with Gasteiger partial charge in [0.15, 0.2) is 0 Å². The van der Waals surface area contributed by atoms with Crippen molar-refractivity contribution in [1.82, 2.24) is 9.88 Å². The maximum absolute atomic E-state index is 4.82. The average molecular weight is 301 g/mol. The summed E-state index contributed by atoms with van der Waals surface area (Å²) in [6.45, 7) is 8.75. The second kappa shape index (κ2) is 6.67. The van der Waals surface area contributed by atoms with Gasteiger partial charge in [-0.1, -0.05) is 32.0 Å². The van der Waals surface area contributed by atoms with Gasteiger partial charge in [-0.25, -0.2) is 0 Å². The maximum atomic E-state index is 4.82. The van der Waals surface area contributed by atoms with Gasteiger partial charge in [0.25, 0.3) is 0 Å².